The predicted octanol–water partition coefficient (Wildman–Crippen LogP) is 4.66. The van der Waals surface area contributed by atoms with Gasteiger partial charge in [0.05, 0.1) is 29.1 Å². The number of nitrogens with one attached hydrogen (secondary N) is 1. The zero-order valence-corrected chi connectivity index (χ0v) is 18.4. The van der Waals surface area contributed by atoms with E-state index in [1.54, 1.807) is 29.0 Å². The summed E-state index contributed by atoms with van der Waals surface area (Å²) in [6.45, 7) is 2.15. The van der Waals surface area contributed by atoms with E-state index < -0.39 is 21.6 Å². The minimum atomic E-state index is -5.57. The molecular weight excluding hydrogens is 465 g/mol. The molecule has 1 aromatic heterocycles. The number of para-hydroxylation sites is 1. The number of halogens is 3. The quantitative estimate of drug-likeness (QED) is 0.550. The Morgan fingerprint density at radius 3 is 2.69 bits per heavy atom. The van der Waals surface area contributed by atoms with E-state index >= 15 is 0 Å². The molecule has 0 saturated carbocycles. The van der Waals surface area contributed by atoms with Crippen LogP contribution in [0.5, 0.6) is 5.75 Å². The van der Waals surface area contributed by atoms with E-state index in [1.165, 1.54) is 29.5 Å². The van der Waals surface area contributed by atoms with Crippen molar-refractivity contribution < 1.29 is 31.4 Å². The minimum absolute atomic E-state index is 0.194. The second kappa shape index (κ2) is 8.38. The van der Waals surface area contributed by atoms with Gasteiger partial charge in [-0.1, -0.05) is 30.3 Å². The summed E-state index contributed by atoms with van der Waals surface area (Å²) >= 11 is 1.53. The number of sulfonamides is 1. The maximum Gasteiger partial charge on any atom is 0.516 e. The number of anilines is 1. The number of aliphatic hydroxyl groups is 1. The van der Waals surface area contributed by atoms with E-state index in [0.717, 1.165) is 10.7 Å². The van der Waals surface area contributed by atoms with Crippen molar-refractivity contribution in [3.05, 3.63) is 64.1 Å². The Balaban J connectivity index is 1.61. The first-order valence-corrected chi connectivity index (χ1v) is 12.0. The highest BCUT2D eigenvalue weighted by molar-refractivity contribution is 7.93. The topological polar surface area (TPSA) is 88.5 Å². The SMILES string of the molecule is Cc1nc(C[C@@H]2COc3cc(-c4ccccc4NS(=O)(=O)C(F)(F)F)ccc3[C@H]2O)cs1. The van der Waals surface area contributed by atoms with Gasteiger partial charge in [0.1, 0.15) is 5.75 Å². The van der Waals surface area contributed by atoms with E-state index in [2.05, 4.69) is 4.98 Å². The lowest BCUT2D eigenvalue weighted by Gasteiger charge is -2.30. The fraction of sp³-hybridized carbons (Fsp3) is 0.286. The highest BCUT2D eigenvalue weighted by Gasteiger charge is 2.46. The lowest BCUT2D eigenvalue weighted by atomic mass is 9.88. The molecular formula is C21H19F3N2O4S2. The summed E-state index contributed by atoms with van der Waals surface area (Å²) in [5.41, 5.74) is -3.51. The Hall–Kier alpha value is -2.63. The van der Waals surface area contributed by atoms with Gasteiger partial charge >= 0.3 is 15.5 Å². The monoisotopic (exact) mass is 484 g/mol. The zero-order valence-electron chi connectivity index (χ0n) is 16.8. The van der Waals surface area contributed by atoms with Gasteiger partial charge in [-0.25, -0.2) is 4.98 Å². The lowest BCUT2D eigenvalue weighted by Crippen LogP contribution is -2.30. The first kappa shape index (κ1) is 22.6. The molecule has 2 atom stereocenters. The van der Waals surface area contributed by atoms with Gasteiger partial charge in [0, 0.05) is 22.4 Å². The molecule has 0 amide bonds. The number of aryl methyl sites for hydroxylation is 1. The van der Waals surface area contributed by atoms with Crippen LogP contribution in [0, 0.1) is 12.8 Å². The zero-order chi connectivity index (χ0) is 23.1. The summed E-state index contributed by atoms with van der Waals surface area (Å²) < 4.78 is 69.0. The highest BCUT2D eigenvalue weighted by Crippen LogP contribution is 2.41. The van der Waals surface area contributed by atoms with Gasteiger partial charge in [-0.2, -0.15) is 21.6 Å². The summed E-state index contributed by atoms with van der Waals surface area (Å²) in [6, 6.07) is 10.6. The number of aliphatic hydroxyl groups excluding tert-OH is 1. The third-order valence-corrected chi connectivity index (χ3v) is 7.08. The van der Waals surface area contributed by atoms with Crippen molar-refractivity contribution in [3.8, 4) is 16.9 Å². The van der Waals surface area contributed by atoms with Crippen molar-refractivity contribution in [1.82, 2.24) is 4.98 Å². The first-order chi connectivity index (χ1) is 15.0. The van der Waals surface area contributed by atoms with Gasteiger partial charge in [-0.15, -0.1) is 11.3 Å². The summed E-state index contributed by atoms with van der Waals surface area (Å²) in [6.07, 6.45) is -0.247. The van der Waals surface area contributed by atoms with E-state index in [-0.39, 0.29) is 23.8 Å². The Bertz CT molecular complexity index is 1240. The third kappa shape index (κ3) is 4.45. The predicted molar refractivity (Wildman–Crippen MR) is 115 cm³/mol. The number of fused-ring (bicyclic) bond motifs is 1. The van der Waals surface area contributed by atoms with Crippen molar-refractivity contribution >= 4 is 27.0 Å². The molecule has 32 heavy (non-hydrogen) atoms. The molecule has 0 radical (unpaired) electrons. The molecule has 0 bridgehead atoms. The fourth-order valence-electron chi connectivity index (χ4n) is 3.58. The molecule has 2 aromatic carbocycles. The second-order valence-electron chi connectivity index (χ2n) is 7.43. The van der Waals surface area contributed by atoms with Crippen LogP contribution in [0.2, 0.25) is 0 Å². The van der Waals surface area contributed by atoms with Crippen LogP contribution < -0.4 is 9.46 Å². The average Bonchev–Trinajstić information content (AvgIpc) is 3.14. The Labute approximate surface area is 186 Å². The van der Waals surface area contributed by atoms with Crippen LogP contribution >= 0.6 is 11.3 Å². The number of hydrogen-bond acceptors (Lipinski definition) is 6. The van der Waals surface area contributed by atoms with Crippen LogP contribution in [0.25, 0.3) is 11.1 Å². The Morgan fingerprint density at radius 2 is 2.00 bits per heavy atom. The van der Waals surface area contributed by atoms with Crippen LogP contribution in [-0.4, -0.2) is 30.6 Å². The van der Waals surface area contributed by atoms with Gasteiger partial charge in [0.15, 0.2) is 0 Å². The summed E-state index contributed by atoms with van der Waals surface area (Å²) in [5.74, 6) is 0.204. The highest BCUT2D eigenvalue weighted by atomic mass is 32.2. The molecule has 0 saturated heterocycles. The smallest absolute Gasteiger partial charge is 0.493 e. The summed E-state index contributed by atoms with van der Waals surface area (Å²) in [5, 5.41) is 13.7. The van der Waals surface area contributed by atoms with Crippen molar-refractivity contribution in [3.63, 3.8) is 0 Å². The molecule has 0 fully saturated rings. The van der Waals surface area contributed by atoms with Gasteiger partial charge in [0.2, 0.25) is 0 Å². The van der Waals surface area contributed by atoms with E-state index in [0.29, 0.717) is 23.3 Å². The molecule has 3 aromatic rings. The molecule has 6 nitrogen and oxygen atoms in total. The number of rotatable bonds is 5. The Morgan fingerprint density at radius 1 is 1.25 bits per heavy atom. The van der Waals surface area contributed by atoms with E-state index in [1.807, 2.05) is 12.3 Å². The number of hydrogen-bond donors (Lipinski definition) is 2. The fourth-order valence-corrected chi connectivity index (χ4v) is 4.79. The largest absolute Gasteiger partial charge is 0.516 e. The number of aromatic nitrogens is 1. The van der Waals surface area contributed by atoms with Crippen LogP contribution in [0.4, 0.5) is 18.9 Å². The Kier molecular flexibility index (Phi) is 5.91. The lowest BCUT2D eigenvalue weighted by molar-refractivity contribution is -0.0429. The minimum Gasteiger partial charge on any atom is -0.493 e. The molecule has 0 spiro atoms. The number of ether oxygens (including phenoxy) is 1. The van der Waals surface area contributed by atoms with Gasteiger partial charge in [-0.3, -0.25) is 4.72 Å². The van der Waals surface area contributed by atoms with E-state index in [4.69, 9.17) is 4.74 Å². The van der Waals surface area contributed by atoms with Crippen molar-refractivity contribution in [1.29, 1.82) is 0 Å². The first-order valence-electron chi connectivity index (χ1n) is 9.59. The molecule has 0 unspecified atom stereocenters. The van der Waals surface area contributed by atoms with Crippen LogP contribution in [-0.2, 0) is 16.4 Å². The average molecular weight is 485 g/mol. The summed E-state index contributed by atoms with van der Waals surface area (Å²) in [7, 11) is -5.57. The standard InChI is InChI=1S/C21H19F3N2O4S2/c1-12-25-15(11-31-12)8-14-10-30-19-9-13(6-7-17(19)20(14)27)16-4-2-3-5-18(16)26-32(28,29)21(22,23)24/h2-7,9,11,14,20,26-27H,8,10H2,1H3/t14-,20+/m1/s1. The van der Waals surface area contributed by atoms with Crippen LogP contribution in [0.15, 0.2) is 47.8 Å². The number of nitrogens with zero attached hydrogens (tertiary/aromatic N) is 1. The van der Waals surface area contributed by atoms with Crippen molar-refractivity contribution in [2.45, 2.75) is 25.0 Å². The van der Waals surface area contributed by atoms with Gasteiger partial charge < -0.3 is 9.84 Å². The molecule has 0 aliphatic carbocycles. The summed E-state index contributed by atoms with van der Waals surface area (Å²) in [4.78, 5) is 4.42. The van der Waals surface area contributed by atoms with Gasteiger partial charge in [-0.05, 0) is 31.0 Å². The maximum absolute atomic E-state index is 12.8. The number of benzene rings is 2. The number of thiazole rings is 1. The molecule has 170 valence electrons. The molecule has 2 heterocycles. The molecule has 4 rings (SSSR count). The van der Waals surface area contributed by atoms with E-state index in [9.17, 15) is 26.7 Å². The van der Waals surface area contributed by atoms with Crippen LogP contribution in [0.3, 0.4) is 0 Å². The normalized spacial score (nSPS) is 18.7. The van der Waals surface area contributed by atoms with Crippen LogP contribution in [0.1, 0.15) is 22.4 Å². The molecule has 1 aliphatic heterocycles. The number of alkyl halides is 3. The van der Waals surface area contributed by atoms with Crippen molar-refractivity contribution in [2.75, 3.05) is 11.3 Å². The molecule has 1 aliphatic rings. The molecule has 11 heteroatoms. The maximum atomic E-state index is 12.8. The van der Waals surface area contributed by atoms with Gasteiger partial charge in [0.25, 0.3) is 0 Å². The third-order valence-electron chi connectivity index (χ3n) is 5.16. The second-order valence-corrected chi connectivity index (χ2v) is 10.2. The van der Waals surface area contributed by atoms with Crippen molar-refractivity contribution in [2.24, 2.45) is 5.92 Å². The molecule has 2 N–H and O–H groups in total.